The summed E-state index contributed by atoms with van der Waals surface area (Å²) in [6.07, 6.45) is 4.57. The van der Waals surface area contributed by atoms with Gasteiger partial charge in [0.25, 0.3) is 5.78 Å². The molecule has 0 radical (unpaired) electrons. The number of likely N-dealkylation sites (tertiary alicyclic amines) is 1. The summed E-state index contributed by atoms with van der Waals surface area (Å²) >= 11 is 0. The van der Waals surface area contributed by atoms with Crippen molar-refractivity contribution in [2.45, 2.75) is 45.6 Å². The molecule has 3 aromatic rings. The lowest BCUT2D eigenvalue weighted by Crippen LogP contribution is -2.31. The number of hydrogen-bond donors (Lipinski definition) is 0. The number of carbonyl (C=O) groups excluding carboxylic acids is 1. The van der Waals surface area contributed by atoms with Crippen molar-refractivity contribution in [1.82, 2.24) is 24.5 Å². The van der Waals surface area contributed by atoms with Gasteiger partial charge in [0, 0.05) is 24.4 Å². The smallest absolute Gasteiger partial charge is 0.252 e. The van der Waals surface area contributed by atoms with Crippen molar-refractivity contribution < 1.29 is 14.3 Å². The van der Waals surface area contributed by atoms with Gasteiger partial charge in [-0.15, -0.1) is 0 Å². The lowest BCUT2D eigenvalue weighted by Gasteiger charge is -2.27. The van der Waals surface area contributed by atoms with Gasteiger partial charge in [-0.25, -0.2) is 9.50 Å². The monoisotopic (exact) mass is 407 g/mol. The summed E-state index contributed by atoms with van der Waals surface area (Å²) in [5, 5.41) is 4.24. The number of nitrogens with zero attached hydrogens (tertiary/aromatic N) is 5. The molecule has 0 aliphatic carbocycles. The van der Waals surface area contributed by atoms with Crippen LogP contribution in [0.5, 0.6) is 11.5 Å². The van der Waals surface area contributed by atoms with Crippen LogP contribution < -0.4 is 9.47 Å². The molecule has 1 aromatic carbocycles. The minimum Gasteiger partial charge on any atom is -0.486 e. The van der Waals surface area contributed by atoms with Gasteiger partial charge in [-0.05, 0) is 56.4 Å². The fourth-order valence-corrected chi connectivity index (χ4v) is 4.57. The van der Waals surface area contributed by atoms with Crippen LogP contribution in [0.15, 0.2) is 24.5 Å². The Kier molecular flexibility index (Phi) is 4.77. The zero-order chi connectivity index (χ0) is 20.7. The van der Waals surface area contributed by atoms with E-state index in [-0.39, 0.29) is 11.9 Å². The number of benzene rings is 1. The fourth-order valence-electron chi connectivity index (χ4n) is 4.57. The third-order valence-corrected chi connectivity index (χ3v) is 6.10. The van der Waals surface area contributed by atoms with Crippen LogP contribution in [0.3, 0.4) is 0 Å². The van der Waals surface area contributed by atoms with Gasteiger partial charge in [-0.3, -0.25) is 4.79 Å². The Labute approximate surface area is 174 Å². The van der Waals surface area contributed by atoms with E-state index < -0.39 is 0 Å². The molecule has 2 aliphatic heterocycles. The van der Waals surface area contributed by atoms with Gasteiger partial charge in [0.1, 0.15) is 19.5 Å². The van der Waals surface area contributed by atoms with E-state index >= 15 is 0 Å². The first-order chi connectivity index (χ1) is 14.6. The lowest BCUT2D eigenvalue weighted by molar-refractivity contribution is -0.132. The van der Waals surface area contributed by atoms with E-state index in [0.717, 1.165) is 53.4 Å². The molecule has 5 rings (SSSR count). The van der Waals surface area contributed by atoms with Crippen LogP contribution in [0.25, 0.3) is 5.78 Å². The average Bonchev–Trinajstić information content (AvgIpc) is 3.43. The summed E-state index contributed by atoms with van der Waals surface area (Å²) in [5.74, 6) is 2.32. The minimum absolute atomic E-state index is 0.0893. The Morgan fingerprint density at radius 2 is 2.03 bits per heavy atom. The molecule has 4 heterocycles. The van der Waals surface area contributed by atoms with Crippen LogP contribution in [0.4, 0.5) is 0 Å². The van der Waals surface area contributed by atoms with Crippen LogP contribution in [-0.4, -0.2) is 50.1 Å². The number of fused-ring (bicyclic) bond motifs is 2. The minimum atomic E-state index is 0.0893. The van der Waals surface area contributed by atoms with Crippen molar-refractivity contribution in [2.24, 2.45) is 0 Å². The van der Waals surface area contributed by atoms with Gasteiger partial charge in [0.2, 0.25) is 5.91 Å². The van der Waals surface area contributed by atoms with Gasteiger partial charge in [0.05, 0.1) is 6.04 Å². The quantitative estimate of drug-likeness (QED) is 0.662. The van der Waals surface area contributed by atoms with Crippen molar-refractivity contribution in [3.63, 3.8) is 0 Å². The van der Waals surface area contributed by atoms with E-state index in [1.165, 1.54) is 6.33 Å². The summed E-state index contributed by atoms with van der Waals surface area (Å²) in [7, 11) is 0. The molecule has 1 fully saturated rings. The van der Waals surface area contributed by atoms with Crippen LogP contribution in [0.1, 0.15) is 47.8 Å². The van der Waals surface area contributed by atoms with E-state index in [9.17, 15) is 4.79 Å². The second-order valence-electron chi connectivity index (χ2n) is 7.88. The first-order valence-corrected chi connectivity index (χ1v) is 10.5. The predicted octanol–water partition coefficient (Wildman–Crippen LogP) is 2.81. The Morgan fingerprint density at radius 3 is 2.90 bits per heavy atom. The maximum atomic E-state index is 13.1. The van der Waals surface area contributed by atoms with E-state index in [2.05, 4.69) is 21.1 Å². The average molecular weight is 407 g/mol. The molecule has 30 heavy (non-hydrogen) atoms. The summed E-state index contributed by atoms with van der Waals surface area (Å²) in [6, 6.07) is 6.13. The van der Waals surface area contributed by atoms with Gasteiger partial charge < -0.3 is 14.4 Å². The Morgan fingerprint density at radius 1 is 1.20 bits per heavy atom. The van der Waals surface area contributed by atoms with E-state index in [1.54, 1.807) is 4.52 Å². The fraction of sp³-hybridized carbons (Fsp3) is 0.455. The van der Waals surface area contributed by atoms with Crippen molar-refractivity contribution in [3.8, 4) is 11.5 Å². The number of ether oxygens (including phenoxy) is 2. The largest absolute Gasteiger partial charge is 0.486 e. The van der Waals surface area contributed by atoms with Crippen LogP contribution >= 0.6 is 0 Å². The first-order valence-electron chi connectivity index (χ1n) is 10.5. The Bertz CT molecular complexity index is 1110. The van der Waals surface area contributed by atoms with E-state index in [1.807, 2.05) is 30.9 Å². The molecule has 0 bridgehead atoms. The highest BCUT2D eigenvalue weighted by molar-refractivity contribution is 5.77. The van der Waals surface area contributed by atoms with Crippen molar-refractivity contribution >= 4 is 11.7 Å². The molecule has 2 aliphatic rings. The van der Waals surface area contributed by atoms with E-state index in [0.29, 0.717) is 31.8 Å². The number of rotatable bonds is 4. The highest BCUT2D eigenvalue weighted by atomic mass is 16.6. The number of amides is 1. The number of carbonyl (C=O) groups is 1. The second-order valence-corrected chi connectivity index (χ2v) is 7.88. The van der Waals surface area contributed by atoms with Crippen LogP contribution in [0.2, 0.25) is 0 Å². The maximum Gasteiger partial charge on any atom is 0.252 e. The highest BCUT2D eigenvalue weighted by Gasteiger charge is 2.30. The SMILES string of the molecule is Cc1nc2ncnn2c(C)c1CCC(=O)N1CCCC1c1ccc2c(c1)OCCO2. The van der Waals surface area contributed by atoms with Gasteiger partial charge >= 0.3 is 0 Å². The number of aryl methyl sites for hydroxylation is 2. The van der Waals surface area contributed by atoms with Crippen molar-refractivity contribution in [3.05, 3.63) is 47.0 Å². The molecule has 0 saturated carbocycles. The molecule has 1 unspecified atom stereocenters. The molecule has 8 heteroatoms. The summed E-state index contributed by atoms with van der Waals surface area (Å²) in [5.41, 5.74) is 4.08. The van der Waals surface area contributed by atoms with Gasteiger partial charge in [-0.2, -0.15) is 10.1 Å². The lowest BCUT2D eigenvalue weighted by atomic mass is 10.0. The normalized spacial score (nSPS) is 18.2. The molecule has 8 nitrogen and oxygen atoms in total. The molecule has 156 valence electrons. The maximum absolute atomic E-state index is 13.1. The Balaban J connectivity index is 1.32. The highest BCUT2D eigenvalue weighted by Crippen LogP contribution is 2.38. The van der Waals surface area contributed by atoms with Crippen LogP contribution in [0, 0.1) is 13.8 Å². The van der Waals surface area contributed by atoms with Gasteiger partial charge in [0.15, 0.2) is 11.5 Å². The topological polar surface area (TPSA) is 81.9 Å². The third-order valence-electron chi connectivity index (χ3n) is 6.10. The van der Waals surface area contributed by atoms with Crippen molar-refractivity contribution in [2.75, 3.05) is 19.8 Å². The van der Waals surface area contributed by atoms with Gasteiger partial charge in [-0.1, -0.05) is 6.07 Å². The zero-order valence-corrected chi connectivity index (χ0v) is 17.3. The molecule has 1 atom stereocenters. The first kappa shape index (κ1) is 18.8. The number of aromatic nitrogens is 4. The molecular formula is C22H25N5O3. The molecular weight excluding hydrogens is 382 g/mol. The van der Waals surface area contributed by atoms with Crippen molar-refractivity contribution in [1.29, 1.82) is 0 Å². The Hall–Kier alpha value is -3.16. The van der Waals surface area contributed by atoms with Crippen LogP contribution in [-0.2, 0) is 11.2 Å². The summed E-state index contributed by atoms with van der Waals surface area (Å²) in [4.78, 5) is 23.8. The summed E-state index contributed by atoms with van der Waals surface area (Å²) < 4.78 is 13.1. The predicted molar refractivity (Wildman–Crippen MR) is 110 cm³/mol. The standard InChI is InChI=1S/C22H25N5O3/c1-14-17(15(2)27-22(25-14)23-13-24-27)6-8-21(28)26-9-3-4-18(26)16-5-7-19-20(12-16)30-11-10-29-19/h5,7,12-13,18H,3-4,6,8-11H2,1-2H3. The second kappa shape index (κ2) is 7.59. The third kappa shape index (κ3) is 3.26. The molecule has 2 aromatic heterocycles. The molecule has 1 saturated heterocycles. The molecule has 0 N–H and O–H groups in total. The summed E-state index contributed by atoms with van der Waals surface area (Å²) in [6.45, 7) is 5.90. The molecule has 1 amide bonds. The zero-order valence-electron chi connectivity index (χ0n) is 17.3. The molecule has 0 spiro atoms. The number of hydrogen-bond acceptors (Lipinski definition) is 6. The van der Waals surface area contributed by atoms with E-state index in [4.69, 9.17) is 9.47 Å².